The summed E-state index contributed by atoms with van der Waals surface area (Å²) in [5.41, 5.74) is 5.61. The van der Waals surface area contributed by atoms with E-state index in [9.17, 15) is 9.18 Å². The Hall–Kier alpha value is -1.69. The van der Waals surface area contributed by atoms with Crippen molar-refractivity contribution in [3.05, 3.63) is 29.8 Å². The van der Waals surface area contributed by atoms with Crippen molar-refractivity contribution in [3.8, 4) is 0 Å². The number of nitrogens with two attached hydrogens (primary N) is 1. The summed E-state index contributed by atoms with van der Waals surface area (Å²) in [7, 11) is 0. The molecular weight excluding hydrogens is 261 g/mol. The maximum atomic E-state index is 12.9. The molecule has 110 valence electrons. The van der Waals surface area contributed by atoms with Gasteiger partial charge in [0.15, 0.2) is 0 Å². The van der Waals surface area contributed by atoms with Crippen LogP contribution in [0.15, 0.2) is 18.3 Å². The van der Waals surface area contributed by atoms with Crippen LogP contribution in [0.2, 0.25) is 0 Å². The predicted octanol–water partition coefficient (Wildman–Crippen LogP) is 1.67. The van der Waals surface area contributed by atoms with Gasteiger partial charge in [-0.25, -0.2) is 9.18 Å². The Morgan fingerprint density at radius 3 is 2.60 bits per heavy atom. The molecule has 0 aliphatic carbocycles. The number of hydrogen-bond donors (Lipinski definition) is 1. The third-order valence-corrected chi connectivity index (χ3v) is 3.30. The van der Waals surface area contributed by atoms with Crippen LogP contribution in [-0.2, 0) is 10.2 Å². The van der Waals surface area contributed by atoms with Crippen molar-refractivity contribution in [1.82, 2.24) is 9.88 Å². The topological polar surface area (TPSA) is 68.5 Å². The van der Waals surface area contributed by atoms with Gasteiger partial charge in [-0.3, -0.25) is 4.98 Å². The molecule has 1 saturated heterocycles. The van der Waals surface area contributed by atoms with E-state index in [4.69, 9.17) is 10.5 Å². The molecule has 1 aromatic rings. The lowest BCUT2D eigenvalue weighted by Gasteiger charge is -2.48. The highest BCUT2D eigenvalue weighted by Crippen LogP contribution is 2.33. The molecule has 2 rings (SSSR count). The number of nitrogens with zero attached hydrogens (tertiary/aromatic N) is 2. The van der Waals surface area contributed by atoms with E-state index in [-0.39, 0.29) is 11.9 Å². The van der Waals surface area contributed by atoms with Gasteiger partial charge in [0.05, 0.1) is 17.3 Å². The lowest BCUT2D eigenvalue weighted by Crippen LogP contribution is -2.65. The molecule has 1 aliphatic rings. The van der Waals surface area contributed by atoms with Crippen LogP contribution in [0.4, 0.5) is 9.18 Å². The van der Waals surface area contributed by atoms with Gasteiger partial charge in [-0.2, -0.15) is 0 Å². The van der Waals surface area contributed by atoms with Crippen molar-refractivity contribution in [2.75, 3.05) is 19.6 Å². The van der Waals surface area contributed by atoms with Gasteiger partial charge in [0, 0.05) is 19.6 Å². The zero-order chi connectivity index (χ0) is 15.0. The van der Waals surface area contributed by atoms with Crippen LogP contribution in [0.1, 0.15) is 26.5 Å². The Bertz CT molecular complexity index is 490. The van der Waals surface area contributed by atoms with E-state index in [1.54, 1.807) is 11.0 Å². The van der Waals surface area contributed by atoms with Gasteiger partial charge < -0.3 is 15.4 Å². The Morgan fingerprint density at radius 2 is 2.15 bits per heavy atom. The fourth-order valence-corrected chi connectivity index (χ4v) is 2.23. The summed E-state index contributed by atoms with van der Waals surface area (Å²) in [5.74, 6) is -0.385. The number of pyridine rings is 1. The molecule has 0 unspecified atom stereocenters. The standard InChI is InChI=1S/C14H20FN3O2/c1-13(2,3)20-12(19)18-8-14(7-16,9-18)11-5-4-10(15)6-17-11/h4-6H,7-9,16H2,1-3H3. The van der Waals surface area contributed by atoms with E-state index < -0.39 is 11.0 Å². The number of amides is 1. The first-order valence-electron chi connectivity index (χ1n) is 6.56. The Morgan fingerprint density at radius 1 is 1.50 bits per heavy atom. The van der Waals surface area contributed by atoms with E-state index in [1.165, 1.54) is 12.3 Å². The van der Waals surface area contributed by atoms with E-state index in [2.05, 4.69) is 4.98 Å². The number of likely N-dealkylation sites (tertiary alicyclic amines) is 1. The first kappa shape index (κ1) is 14.7. The number of carbonyl (C=O) groups excluding carboxylic acids is 1. The summed E-state index contributed by atoms with van der Waals surface area (Å²) in [6, 6.07) is 2.98. The molecule has 1 fully saturated rings. The van der Waals surface area contributed by atoms with Crippen molar-refractivity contribution in [1.29, 1.82) is 0 Å². The van der Waals surface area contributed by atoms with Crippen LogP contribution in [0.3, 0.4) is 0 Å². The minimum Gasteiger partial charge on any atom is -0.444 e. The minimum absolute atomic E-state index is 0.352. The van der Waals surface area contributed by atoms with Gasteiger partial charge in [-0.05, 0) is 32.9 Å². The lowest BCUT2D eigenvalue weighted by atomic mass is 9.76. The average Bonchev–Trinajstić information content (AvgIpc) is 2.28. The minimum atomic E-state index is -0.522. The molecular formula is C14H20FN3O2. The highest BCUT2D eigenvalue weighted by atomic mass is 19.1. The van der Waals surface area contributed by atoms with Crippen molar-refractivity contribution >= 4 is 6.09 Å². The highest BCUT2D eigenvalue weighted by Gasteiger charge is 2.47. The molecule has 2 N–H and O–H groups in total. The highest BCUT2D eigenvalue weighted by molar-refractivity contribution is 5.70. The molecule has 0 aromatic carbocycles. The monoisotopic (exact) mass is 281 g/mol. The SMILES string of the molecule is CC(C)(C)OC(=O)N1CC(CN)(c2ccc(F)cn2)C1. The van der Waals surface area contributed by atoms with Crippen molar-refractivity contribution in [3.63, 3.8) is 0 Å². The van der Waals surface area contributed by atoms with E-state index in [0.717, 1.165) is 0 Å². The van der Waals surface area contributed by atoms with Gasteiger partial charge in [-0.1, -0.05) is 0 Å². The molecule has 0 bridgehead atoms. The quantitative estimate of drug-likeness (QED) is 0.895. The average molecular weight is 281 g/mol. The van der Waals surface area contributed by atoms with Crippen molar-refractivity contribution in [2.45, 2.75) is 31.8 Å². The molecule has 0 atom stereocenters. The number of hydrogen-bond acceptors (Lipinski definition) is 4. The molecule has 5 nitrogen and oxygen atoms in total. The molecule has 2 heterocycles. The molecule has 1 aromatic heterocycles. The number of carbonyl (C=O) groups is 1. The predicted molar refractivity (Wildman–Crippen MR) is 72.7 cm³/mol. The molecule has 1 amide bonds. The molecule has 6 heteroatoms. The summed E-state index contributed by atoms with van der Waals surface area (Å²) in [4.78, 5) is 17.6. The second-order valence-electron chi connectivity index (χ2n) is 6.18. The van der Waals surface area contributed by atoms with Gasteiger partial charge in [0.2, 0.25) is 0 Å². The van der Waals surface area contributed by atoms with Crippen LogP contribution < -0.4 is 5.73 Å². The summed E-state index contributed by atoms with van der Waals surface area (Å²) < 4.78 is 18.2. The summed E-state index contributed by atoms with van der Waals surface area (Å²) in [5, 5.41) is 0. The molecule has 0 saturated carbocycles. The number of aromatic nitrogens is 1. The van der Waals surface area contributed by atoms with Crippen LogP contribution in [0.25, 0.3) is 0 Å². The van der Waals surface area contributed by atoms with E-state index in [1.807, 2.05) is 20.8 Å². The molecule has 0 radical (unpaired) electrons. The third kappa shape index (κ3) is 2.90. The smallest absolute Gasteiger partial charge is 0.410 e. The molecule has 20 heavy (non-hydrogen) atoms. The van der Waals surface area contributed by atoms with Crippen molar-refractivity contribution in [2.24, 2.45) is 5.73 Å². The van der Waals surface area contributed by atoms with Crippen LogP contribution in [0, 0.1) is 5.82 Å². The summed E-state index contributed by atoms with van der Waals surface area (Å²) in [6.07, 6.45) is 0.812. The Labute approximate surface area is 117 Å². The second kappa shape index (κ2) is 5.01. The van der Waals surface area contributed by atoms with Crippen LogP contribution in [-0.4, -0.2) is 41.2 Å². The second-order valence-corrected chi connectivity index (χ2v) is 6.18. The van der Waals surface area contributed by atoms with Crippen LogP contribution >= 0.6 is 0 Å². The number of rotatable bonds is 2. The van der Waals surface area contributed by atoms with Gasteiger partial charge >= 0.3 is 6.09 Å². The molecule has 0 spiro atoms. The maximum Gasteiger partial charge on any atom is 0.410 e. The number of ether oxygens (including phenoxy) is 1. The summed E-state index contributed by atoms with van der Waals surface area (Å²) in [6.45, 7) is 6.70. The molecule has 1 aliphatic heterocycles. The van der Waals surface area contributed by atoms with Gasteiger partial charge in [0.1, 0.15) is 11.4 Å². The maximum absolute atomic E-state index is 12.9. The van der Waals surface area contributed by atoms with Crippen LogP contribution in [0.5, 0.6) is 0 Å². The fraction of sp³-hybridized carbons (Fsp3) is 0.571. The zero-order valence-corrected chi connectivity index (χ0v) is 12.0. The van der Waals surface area contributed by atoms with E-state index in [0.29, 0.717) is 25.3 Å². The lowest BCUT2D eigenvalue weighted by molar-refractivity contribution is -0.00903. The first-order valence-corrected chi connectivity index (χ1v) is 6.56. The van der Waals surface area contributed by atoms with Gasteiger partial charge in [-0.15, -0.1) is 0 Å². The normalized spacial score (nSPS) is 17.6. The van der Waals surface area contributed by atoms with Crippen molar-refractivity contribution < 1.29 is 13.9 Å². The zero-order valence-electron chi connectivity index (χ0n) is 12.0. The summed E-state index contributed by atoms with van der Waals surface area (Å²) >= 11 is 0. The first-order chi connectivity index (χ1) is 9.26. The third-order valence-electron chi connectivity index (χ3n) is 3.30. The largest absolute Gasteiger partial charge is 0.444 e. The Kier molecular flexibility index (Phi) is 3.69. The van der Waals surface area contributed by atoms with Gasteiger partial charge in [0.25, 0.3) is 0 Å². The Balaban J connectivity index is 2.04. The number of halogens is 1. The fourth-order valence-electron chi connectivity index (χ4n) is 2.23. The van der Waals surface area contributed by atoms with E-state index >= 15 is 0 Å².